The molecule has 28 heavy (non-hydrogen) atoms. The van der Waals surface area contributed by atoms with Gasteiger partial charge in [0.05, 0.1) is 17.8 Å². The number of methoxy groups -OCH3 is 1. The van der Waals surface area contributed by atoms with Crippen LogP contribution in [0.25, 0.3) is 5.69 Å². The highest BCUT2D eigenvalue weighted by atomic mass is 16.5. The number of para-hydroxylation sites is 1. The van der Waals surface area contributed by atoms with Crippen LogP contribution in [0, 0.1) is 5.92 Å². The largest absolute Gasteiger partial charge is 0.381 e. The first-order valence-electron chi connectivity index (χ1n) is 10.1. The van der Waals surface area contributed by atoms with E-state index in [1.807, 2.05) is 35.2 Å². The van der Waals surface area contributed by atoms with Gasteiger partial charge in [0.1, 0.15) is 0 Å². The van der Waals surface area contributed by atoms with E-state index in [-0.39, 0.29) is 29.7 Å². The van der Waals surface area contributed by atoms with E-state index < -0.39 is 0 Å². The van der Waals surface area contributed by atoms with Gasteiger partial charge in [-0.25, -0.2) is 4.79 Å². The van der Waals surface area contributed by atoms with Crippen molar-refractivity contribution in [3.05, 3.63) is 40.8 Å². The molecular weight excluding hydrogens is 358 g/mol. The highest BCUT2D eigenvalue weighted by molar-refractivity contribution is 5.79. The normalized spacial score (nSPS) is 25.6. The molecule has 0 spiro atoms. The maximum atomic E-state index is 13.0. The Morgan fingerprint density at radius 1 is 1.11 bits per heavy atom. The number of nitrogens with zero attached hydrogens (tertiary/aromatic N) is 5. The zero-order valence-corrected chi connectivity index (χ0v) is 16.2. The van der Waals surface area contributed by atoms with Gasteiger partial charge >= 0.3 is 5.69 Å². The van der Waals surface area contributed by atoms with Crippen LogP contribution in [-0.2, 0) is 9.53 Å². The number of piperidine rings is 1. The van der Waals surface area contributed by atoms with E-state index >= 15 is 0 Å². The zero-order valence-electron chi connectivity index (χ0n) is 16.2. The SMILES string of the molecule is CO[C@H]1CCC[C@H](C(=O)N2CCC[C@H](n3nnn(-c4ccccc4)c3=O)C2)C1. The van der Waals surface area contributed by atoms with Crippen LogP contribution in [0.1, 0.15) is 44.6 Å². The molecule has 0 radical (unpaired) electrons. The average molecular weight is 385 g/mol. The lowest BCUT2D eigenvalue weighted by atomic mass is 9.85. The molecule has 4 rings (SSSR count). The molecule has 8 heteroatoms. The lowest BCUT2D eigenvalue weighted by molar-refractivity contribution is -0.140. The summed E-state index contributed by atoms with van der Waals surface area (Å²) >= 11 is 0. The number of benzene rings is 1. The Balaban J connectivity index is 1.48. The Bertz CT molecular complexity index is 862. The second kappa shape index (κ2) is 8.26. The fourth-order valence-electron chi connectivity index (χ4n) is 4.41. The van der Waals surface area contributed by atoms with Crippen molar-refractivity contribution in [2.75, 3.05) is 20.2 Å². The van der Waals surface area contributed by atoms with Crippen molar-refractivity contribution in [3.8, 4) is 5.69 Å². The maximum Gasteiger partial charge on any atom is 0.368 e. The summed E-state index contributed by atoms with van der Waals surface area (Å²) in [4.78, 5) is 27.8. The Morgan fingerprint density at radius 2 is 1.93 bits per heavy atom. The van der Waals surface area contributed by atoms with E-state index in [0.717, 1.165) is 45.1 Å². The van der Waals surface area contributed by atoms with Crippen molar-refractivity contribution >= 4 is 5.91 Å². The molecule has 2 aromatic rings. The van der Waals surface area contributed by atoms with E-state index in [2.05, 4.69) is 10.4 Å². The summed E-state index contributed by atoms with van der Waals surface area (Å²) < 4.78 is 8.22. The van der Waals surface area contributed by atoms with Gasteiger partial charge in [0.25, 0.3) is 0 Å². The Hall–Kier alpha value is -2.48. The van der Waals surface area contributed by atoms with Gasteiger partial charge < -0.3 is 9.64 Å². The van der Waals surface area contributed by atoms with Crippen LogP contribution in [-0.4, -0.2) is 56.9 Å². The molecule has 1 saturated carbocycles. The molecule has 2 heterocycles. The first-order chi connectivity index (χ1) is 13.7. The second-order valence-corrected chi connectivity index (χ2v) is 7.75. The number of aromatic nitrogens is 4. The molecule has 0 unspecified atom stereocenters. The summed E-state index contributed by atoms with van der Waals surface area (Å²) in [6.07, 6.45) is 5.63. The van der Waals surface area contributed by atoms with Crippen LogP contribution in [0.4, 0.5) is 0 Å². The molecule has 2 fully saturated rings. The third kappa shape index (κ3) is 3.73. The molecule has 1 aromatic carbocycles. The number of ether oxygens (including phenoxy) is 1. The molecule has 150 valence electrons. The van der Waals surface area contributed by atoms with Crippen LogP contribution in [0.2, 0.25) is 0 Å². The number of amides is 1. The first kappa shape index (κ1) is 18.9. The van der Waals surface area contributed by atoms with Gasteiger partial charge in [-0.15, -0.1) is 0 Å². The molecule has 3 atom stereocenters. The molecule has 0 bridgehead atoms. The minimum atomic E-state index is -0.261. The van der Waals surface area contributed by atoms with Gasteiger partial charge in [-0.2, -0.15) is 9.36 Å². The molecule has 1 amide bonds. The number of tetrazole rings is 1. The van der Waals surface area contributed by atoms with Crippen LogP contribution in [0.3, 0.4) is 0 Å². The predicted molar refractivity (Wildman–Crippen MR) is 103 cm³/mol. The molecule has 0 N–H and O–H groups in total. The van der Waals surface area contributed by atoms with E-state index in [1.165, 1.54) is 9.36 Å². The summed E-state index contributed by atoms with van der Waals surface area (Å²) in [6.45, 7) is 1.26. The van der Waals surface area contributed by atoms with Gasteiger partial charge in [0.2, 0.25) is 5.91 Å². The number of carbonyl (C=O) groups is 1. The highest BCUT2D eigenvalue weighted by Crippen LogP contribution is 2.29. The Morgan fingerprint density at radius 3 is 2.71 bits per heavy atom. The first-order valence-corrected chi connectivity index (χ1v) is 10.1. The Kier molecular flexibility index (Phi) is 5.57. The molecule has 1 aliphatic heterocycles. The highest BCUT2D eigenvalue weighted by Gasteiger charge is 2.34. The number of rotatable bonds is 4. The number of likely N-dealkylation sites (tertiary alicyclic amines) is 1. The van der Waals surface area contributed by atoms with Crippen LogP contribution >= 0.6 is 0 Å². The molecule has 1 saturated heterocycles. The fraction of sp³-hybridized carbons (Fsp3) is 0.600. The van der Waals surface area contributed by atoms with Crippen molar-refractivity contribution in [1.29, 1.82) is 0 Å². The van der Waals surface area contributed by atoms with Crippen LogP contribution < -0.4 is 5.69 Å². The maximum absolute atomic E-state index is 13.0. The summed E-state index contributed by atoms with van der Waals surface area (Å²) in [7, 11) is 1.72. The van der Waals surface area contributed by atoms with Crippen molar-refractivity contribution in [1.82, 2.24) is 24.7 Å². The van der Waals surface area contributed by atoms with E-state index in [1.54, 1.807) is 7.11 Å². The summed E-state index contributed by atoms with van der Waals surface area (Å²) in [5.41, 5.74) is 0.429. The molecule has 1 aliphatic carbocycles. The quantitative estimate of drug-likeness (QED) is 0.801. The summed E-state index contributed by atoms with van der Waals surface area (Å²) in [6, 6.07) is 9.13. The van der Waals surface area contributed by atoms with E-state index in [4.69, 9.17) is 4.74 Å². The van der Waals surface area contributed by atoms with Gasteiger partial charge in [0.15, 0.2) is 0 Å². The van der Waals surface area contributed by atoms with Gasteiger partial charge in [0, 0.05) is 26.1 Å². The van der Waals surface area contributed by atoms with Gasteiger partial charge in [-0.1, -0.05) is 24.6 Å². The third-order valence-electron chi connectivity index (χ3n) is 5.97. The summed E-state index contributed by atoms with van der Waals surface area (Å²) in [5.74, 6) is 0.212. The number of hydrogen-bond donors (Lipinski definition) is 0. The van der Waals surface area contributed by atoms with Crippen molar-refractivity contribution in [3.63, 3.8) is 0 Å². The fourth-order valence-corrected chi connectivity index (χ4v) is 4.41. The smallest absolute Gasteiger partial charge is 0.368 e. The minimum absolute atomic E-state index is 0.0224. The van der Waals surface area contributed by atoms with E-state index in [9.17, 15) is 9.59 Å². The van der Waals surface area contributed by atoms with Gasteiger partial charge in [-0.05, 0) is 54.7 Å². The lowest BCUT2D eigenvalue weighted by Crippen LogP contribution is -2.46. The van der Waals surface area contributed by atoms with Crippen LogP contribution in [0.5, 0.6) is 0 Å². The van der Waals surface area contributed by atoms with Crippen molar-refractivity contribution in [2.24, 2.45) is 5.92 Å². The zero-order chi connectivity index (χ0) is 19.5. The third-order valence-corrected chi connectivity index (χ3v) is 5.97. The monoisotopic (exact) mass is 385 g/mol. The number of hydrogen-bond acceptors (Lipinski definition) is 5. The summed E-state index contributed by atoms with van der Waals surface area (Å²) in [5, 5.41) is 8.15. The minimum Gasteiger partial charge on any atom is -0.381 e. The lowest BCUT2D eigenvalue weighted by Gasteiger charge is -2.36. The molecular formula is C20H27N5O3. The van der Waals surface area contributed by atoms with E-state index in [0.29, 0.717) is 12.2 Å². The van der Waals surface area contributed by atoms with Crippen molar-refractivity contribution in [2.45, 2.75) is 50.7 Å². The van der Waals surface area contributed by atoms with Gasteiger partial charge in [-0.3, -0.25) is 4.79 Å². The topological polar surface area (TPSA) is 82.2 Å². The average Bonchev–Trinajstić information content (AvgIpc) is 3.15. The molecule has 1 aromatic heterocycles. The predicted octanol–water partition coefficient (Wildman–Crippen LogP) is 1.80. The van der Waals surface area contributed by atoms with Crippen molar-refractivity contribution < 1.29 is 9.53 Å². The Labute approximate surface area is 164 Å². The number of carbonyl (C=O) groups excluding carboxylic acids is 1. The molecule has 2 aliphatic rings. The standard InChI is InChI=1S/C20H27N5O3/c1-28-18-11-5-7-15(13-18)19(26)23-12-6-10-17(14-23)25-20(27)24(21-22-25)16-8-3-2-4-9-16/h2-4,8-9,15,17-18H,5-7,10-14H2,1H3/t15-,17-,18-/m0/s1. The second-order valence-electron chi connectivity index (χ2n) is 7.75. The molecule has 8 nitrogen and oxygen atoms in total. The van der Waals surface area contributed by atoms with Crippen LogP contribution in [0.15, 0.2) is 35.1 Å².